The number of aromatic nitrogens is 3. The van der Waals surface area contributed by atoms with Crippen molar-refractivity contribution in [3.63, 3.8) is 0 Å². The molecule has 2 heterocycles. The highest BCUT2D eigenvalue weighted by Crippen LogP contribution is 2.18. The van der Waals surface area contributed by atoms with E-state index in [-0.39, 0.29) is 6.04 Å². The van der Waals surface area contributed by atoms with E-state index in [1.165, 1.54) is 0 Å². The van der Waals surface area contributed by atoms with Gasteiger partial charge < -0.3 is 9.88 Å². The van der Waals surface area contributed by atoms with Crippen LogP contribution < -0.4 is 5.32 Å². The molecule has 1 N–H and O–H groups in total. The summed E-state index contributed by atoms with van der Waals surface area (Å²) in [5, 5.41) is 6.52. The largest absolute Gasteiger partial charge is 0.340 e. The number of rotatable bonds is 4. The molecule has 0 saturated heterocycles. The quantitative estimate of drug-likeness (QED) is 0.878. The van der Waals surface area contributed by atoms with Crippen LogP contribution in [0.5, 0.6) is 0 Å². The summed E-state index contributed by atoms with van der Waals surface area (Å²) in [6.45, 7) is 2.02. The van der Waals surface area contributed by atoms with E-state index < -0.39 is 0 Å². The minimum atomic E-state index is 0.242. The van der Waals surface area contributed by atoms with Gasteiger partial charge >= 0.3 is 0 Å². The van der Waals surface area contributed by atoms with Gasteiger partial charge in [-0.1, -0.05) is 0 Å². The van der Waals surface area contributed by atoms with Crippen molar-refractivity contribution in [2.24, 2.45) is 7.05 Å². The first-order valence-electron chi connectivity index (χ1n) is 5.25. The zero-order valence-electron chi connectivity index (χ0n) is 9.77. The fourth-order valence-electron chi connectivity index (χ4n) is 1.64. The Morgan fingerprint density at radius 2 is 2.38 bits per heavy atom. The molecule has 16 heavy (non-hydrogen) atoms. The minimum absolute atomic E-state index is 0.242. The van der Waals surface area contributed by atoms with E-state index in [9.17, 15) is 0 Å². The Balaban J connectivity index is 2.12. The second kappa shape index (κ2) is 4.76. The van der Waals surface area contributed by atoms with Crippen molar-refractivity contribution in [3.05, 3.63) is 34.3 Å². The van der Waals surface area contributed by atoms with Gasteiger partial charge in [0.15, 0.2) is 0 Å². The average molecular weight is 236 g/mol. The molecule has 4 nitrogen and oxygen atoms in total. The monoisotopic (exact) mass is 236 g/mol. The second-order valence-corrected chi connectivity index (χ2v) is 4.83. The van der Waals surface area contributed by atoms with Crippen molar-refractivity contribution in [1.29, 1.82) is 0 Å². The van der Waals surface area contributed by atoms with E-state index in [4.69, 9.17) is 0 Å². The van der Waals surface area contributed by atoms with E-state index in [1.807, 2.05) is 38.1 Å². The molecule has 0 aliphatic carbocycles. The lowest BCUT2D eigenvalue weighted by molar-refractivity contribution is 0.576. The number of thiazole rings is 1. The lowest BCUT2D eigenvalue weighted by Crippen LogP contribution is -2.19. The van der Waals surface area contributed by atoms with Gasteiger partial charge in [0.2, 0.25) is 0 Å². The summed E-state index contributed by atoms with van der Waals surface area (Å²) in [7, 11) is 3.94. The Morgan fingerprint density at radius 3 is 2.88 bits per heavy atom. The molecule has 0 radical (unpaired) electrons. The standard InChI is InChI=1S/C11H16N4S/c1-8-6-16-11(14-8)4-9(12-2)10-5-15(3)7-13-10/h5-7,9,12H,4H2,1-3H3. The third-order valence-corrected chi connectivity index (χ3v) is 3.46. The van der Waals surface area contributed by atoms with Crippen LogP contribution in [0.25, 0.3) is 0 Å². The molecular formula is C11H16N4S. The van der Waals surface area contributed by atoms with E-state index in [2.05, 4.69) is 20.7 Å². The van der Waals surface area contributed by atoms with Gasteiger partial charge in [-0.05, 0) is 14.0 Å². The van der Waals surface area contributed by atoms with Gasteiger partial charge in [0, 0.05) is 30.7 Å². The van der Waals surface area contributed by atoms with Gasteiger partial charge in [-0.25, -0.2) is 9.97 Å². The number of aryl methyl sites for hydroxylation is 2. The molecular weight excluding hydrogens is 220 g/mol. The summed E-state index contributed by atoms with van der Waals surface area (Å²) in [4.78, 5) is 8.84. The maximum absolute atomic E-state index is 4.47. The number of nitrogens with zero attached hydrogens (tertiary/aromatic N) is 3. The van der Waals surface area contributed by atoms with Crippen LogP contribution >= 0.6 is 11.3 Å². The molecule has 0 aliphatic heterocycles. The first-order valence-corrected chi connectivity index (χ1v) is 6.13. The van der Waals surface area contributed by atoms with Crippen molar-refractivity contribution in [2.45, 2.75) is 19.4 Å². The molecule has 0 spiro atoms. The minimum Gasteiger partial charge on any atom is -0.340 e. The normalized spacial score (nSPS) is 12.9. The van der Waals surface area contributed by atoms with Crippen LogP contribution in [0.1, 0.15) is 22.4 Å². The van der Waals surface area contributed by atoms with E-state index in [0.717, 1.165) is 22.8 Å². The molecule has 0 aromatic carbocycles. The molecule has 0 fully saturated rings. The Bertz CT molecular complexity index is 460. The highest BCUT2D eigenvalue weighted by Gasteiger charge is 2.14. The van der Waals surface area contributed by atoms with E-state index in [1.54, 1.807) is 11.3 Å². The number of nitrogens with one attached hydrogen (secondary N) is 1. The molecule has 0 aliphatic rings. The van der Waals surface area contributed by atoms with Crippen LogP contribution in [0.4, 0.5) is 0 Å². The van der Waals surface area contributed by atoms with Crippen molar-refractivity contribution >= 4 is 11.3 Å². The van der Waals surface area contributed by atoms with Crippen molar-refractivity contribution in [2.75, 3.05) is 7.05 Å². The van der Waals surface area contributed by atoms with Gasteiger partial charge in [0.25, 0.3) is 0 Å². The summed E-state index contributed by atoms with van der Waals surface area (Å²) in [5.41, 5.74) is 2.16. The Labute approximate surface area is 99.4 Å². The van der Waals surface area contributed by atoms with Gasteiger partial charge in [-0.15, -0.1) is 11.3 Å². The second-order valence-electron chi connectivity index (χ2n) is 3.89. The van der Waals surface area contributed by atoms with Gasteiger partial charge in [-0.2, -0.15) is 0 Å². The SMILES string of the molecule is CNC(Cc1nc(C)cs1)c1cn(C)cn1. The smallest absolute Gasteiger partial charge is 0.0947 e. The zero-order valence-corrected chi connectivity index (χ0v) is 10.6. The van der Waals surface area contributed by atoms with Crippen LogP contribution in [0.15, 0.2) is 17.9 Å². The fraction of sp³-hybridized carbons (Fsp3) is 0.455. The lowest BCUT2D eigenvalue weighted by atomic mass is 10.1. The van der Waals surface area contributed by atoms with Crippen LogP contribution in [0.3, 0.4) is 0 Å². The van der Waals surface area contributed by atoms with Crippen molar-refractivity contribution in [1.82, 2.24) is 19.9 Å². The molecule has 0 saturated carbocycles. The van der Waals surface area contributed by atoms with Crippen LogP contribution in [0.2, 0.25) is 0 Å². The first-order chi connectivity index (χ1) is 7.69. The molecule has 0 amide bonds. The number of likely N-dealkylation sites (N-methyl/N-ethyl adjacent to an activating group) is 1. The predicted octanol–water partition coefficient (Wildman–Crippen LogP) is 1.69. The first kappa shape index (κ1) is 11.3. The van der Waals surface area contributed by atoms with Crippen molar-refractivity contribution < 1.29 is 0 Å². The van der Waals surface area contributed by atoms with Crippen LogP contribution in [-0.4, -0.2) is 21.6 Å². The topological polar surface area (TPSA) is 42.7 Å². The van der Waals surface area contributed by atoms with Gasteiger partial charge in [0.05, 0.1) is 23.1 Å². The Morgan fingerprint density at radius 1 is 1.56 bits per heavy atom. The molecule has 2 aromatic rings. The maximum Gasteiger partial charge on any atom is 0.0947 e. The Kier molecular flexibility index (Phi) is 3.36. The number of imidazole rings is 1. The van der Waals surface area contributed by atoms with E-state index in [0.29, 0.717) is 0 Å². The average Bonchev–Trinajstić information content (AvgIpc) is 2.84. The molecule has 86 valence electrons. The molecule has 2 aromatic heterocycles. The lowest BCUT2D eigenvalue weighted by Gasteiger charge is -2.11. The molecule has 1 atom stereocenters. The fourth-order valence-corrected chi connectivity index (χ4v) is 2.46. The molecule has 2 rings (SSSR count). The highest BCUT2D eigenvalue weighted by molar-refractivity contribution is 7.09. The predicted molar refractivity (Wildman–Crippen MR) is 65.6 cm³/mol. The van der Waals surface area contributed by atoms with Crippen LogP contribution in [0, 0.1) is 6.92 Å². The van der Waals surface area contributed by atoms with E-state index >= 15 is 0 Å². The summed E-state index contributed by atoms with van der Waals surface area (Å²) in [6.07, 6.45) is 4.76. The summed E-state index contributed by atoms with van der Waals surface area (Å²) < 4.78 is 1.97. The zero-order chi connectivity index (χ0) is 11.5. The third-order valence-electron chi connectivity index (χ3n) is 2.48. The third kappa shape index (κ3) is 2.48. The summed E-state index contributed by atoms with van der Waals surface area (Å²) >= 11 is 1.71. The van der Waals surface area contributed by atoms with Gasteiger partial charge in [-0.3, -0.25) is 0 Å². The number of hydrogen-bond donors (Lipinski definition) is 1. The molecule has 0 bridgehead atoms. The summed E-state index contributed by atoms with van der Waals surface area (Å²) in [5.74, 6) is 0. The maximum atomic E-state index is 4.47. The Hall–Kier alpha value is -1.20. The number of hydrogen-bond acceptors (Lipinski definition) is 4. The molecule has 5 heteroatoms. The summed E-state index contributed by atoms with van der Waals surface area (Å²) in [6, 6.07) is 0.242. The highest BCUT2D eigenvalue weighted by atomic mass is 32.1. The van der Waals surface area contributed by atoms with Gasteiger partial charge in [0.1, 0.15) is 0 Å². The van der Waals surface area contributed by atoms with Crippen molar-refractivity contribution in [3.8, 4) is 0 Å². The molecule has 1 unspecified atom stereocenters. The van der Waals surface area contributed by atoms with Crippen LogP contribution in [-0.2, 0) is 13.5 Å².